The molecule has 6 rings (SSSR count). The van der Waals surface area contributed by atoms with Crippen LogP contribution in [0.1, 0.15) is 68.7 Å². The van der Waals surface area contributed by atoms with Crippen LogP contribution in [0.3, 0.4) is 0 Å². The van der Waals surface area contributed by atoms with Crippen LogP contribution in [-0.2, 0) is 22.7 Å². The fourth-order valence-corrected chi connectivity index (χ4v) is 7.48. The minimum atomic E-state index is -3.26. The summed E-state index contributed by atoms with van der Waals surface area (Å²) in [7, 11) is 1.52. The minimum Gasteiger partial charge on any atom is -0.497 e. The topological polar surface area (TPSA) is 55.8 Å². The molecule has 3 atom stereocenters. The molecule has 0 aliphatic heterocycles. The predicted octanol–water partition coefficient (Wildman–Crippen LogP) is 8.90. The average Bonchev–Trinajstić information content (AvgIpc) is 3.39. The van der Waals surface area contributed by atoms with E-state index in [1.807, 2.05) is 12.1 Å². The van der Waals surface area contributed by atoms with E-state index in [0.717, 1.165) is 24.0 Å². The van der Waals surface area contributed by atoms with Gasteiger partial charge in [-0.15, -0.1) is 0 Å². The van der Waals surface area contributed by atoms with Gasteiger partial charge >= 0.3 is 5.97 Å². The van der Waals surface area contributed by atoms with Gasteiger partial charge in [0.15, 0.2) is 11.6 Å². The molecule has 3 aliphatic rings. The van der Waals surface area contributed by atoms with Crippen LogP contribution in [0.2, 0.25) is 0 Å². The molecular weight excluding hydrogens is 560 g/mol. The first-order chi connectivity index (χ1) is 20.3. The highest BCUT2D eigenvalue weighted by atomic mass is 19.3. The van der Waals surface area contributed by atoms with Gasteiger partial charge in [-0.1, -0.05) is 39.0 Å². The smallest absolute Gasteiger partial charge is 0.307 e. The Morgan fingerprint density at radius 3 is 2.40 bits per heavy atom. The van der Waals surface area contributed by atoms with Crippen LogP contribution in [0.25, 0.3) is 16.7 Å². The Bertz CT molecular complexity index is 1660. The number of ether oxygens (including phenoxy) is 2. The Kier molecular flexibility index (Phi) is 6.90. The number of benzene rings is 3. The van der Waals surface area contributed by atoms with Gasteiger partial charge in [-0.3, -0.25) is 4.79 Å². The second kappa shape index (κ2) is 10.1. The number of fused-ring (bicyclic) bond motifs is 2. The third kappa shape index (κ3) is 4.61. The molecule has 3 aromatic rings. The first kappa shape index (κ1) is 29.3. The lowest BCUT2D eigenvalue weighted by Gasteiger charge is -2.33. The lowest BCUT2D eigenvalue weighted by molar-refractivity contribution is -0.139. The van der Waals surface area contributed by atoms with Crippen molar-refractivity contribution in [3.8, 4) is 22.6 Å². The monoisotopic (exact) mass is 594 g/mol. The van der Waals surface area contributed by atoms with Crippen molar-refractivity contribution in [2.45, 2.75) is 64.4 Å². The summed E-state index contributed by atoms with van der Waals surface area (Å²) in [5.41, 5.74) is 1.64. The van der Waals surface area contributed by atoms with Gasteiger partial charge in [-0.2, -0.15) is 0 Å². The van der Waals surface area contributed by atoms with Crippen LogP contribution in [-0.4, -0.2) is 18.2 Å². The van der Waals surface area contributed by atoms with Crippen LogP contribution in [0, 0.1) is 28.9 Å². The Hall–Kier alpha value is -3.81. The van der Waals surface area contributed by atoms with E-state index in [0.29, 0.717) is 22.4 Å². The van der Waals surface area contributed by atoms with E-state index in [9.17, 15) is 18.7 Å². The second-order valence-corrected chi connectivity index (χ2v) is 12.7. The van der Waals surface area contributed by atoms with Crippen LogP contribution in [0.4, 0.5) is 17.6 Å². The molecule has 3 aliphatic carbocycles. The number of allylic oxidation sites excluding steroid dienone is 2. The first-order valence-corrected chi connectivity index (χ1v) is 14.6. The van der Waals surface area contributed by atoms with E-state index in [2.05, 4.69) is 19.9 Å². The summed E-state index contributed by atoms with van der Waals surface area (Å²) in [6.07, 6.45) is 3.34. The maximum atomic E-state index is 16.1. The quantitative estimate of drug-likeness (QED) is 0.278. The number of methoxy groups -OCH3 is 1. The molecule has 43 heavy (non-hydrogen) atoms. The standard InChI is InChI=1S/C35H34F4O4/c1-19-29(32(40)41)34(19)14-15-35(38,39)26-10-12-28(31(37)30(26)34)43-18-20-7-9-22(24-17-21(42-4)8-11-27(24)36)23(16-20)25-6-5-13-33(25,2)3/h6-12,16-17,19,29H,5,13-15,18H2,1-4H3,(H,40,41). The molecule has 3 aromatic carbocycles. The largest absolute Gasteiger partial charge is 0.497 e. The number of rotatable bonds is 7. The van der Waals surface area contributed by atoms with Crippen LogP contribution in [0.15, 0.2) is 54.6 Å². The normalized spacial score (nSPS) is 24.8. The van der Waals surface area contributed by atoms with Crippen LogP contribution >= 0.6 is 0 Å². The molecular formula is C35H34F4O4. The molecule has 0 heterocycles. The molecule has 4 nitrogen and oxygen atoms in total. The molecule has 226 valence electrons. The maximum Gasteiger partial charge on any atom is 0.307 e. The zero-order valence-corrected chi connectivity index (χ0v) is 24.6. The van der Waals surface area contributed by atoms with Gasteiger partial charge in [0.25, 0.3) is 5.92 Å². The SMILES string of the molecule is COc1ccc(F)c(-c2ccc(COc3ccc4c(c3F)C3(CCC4(F)F)C(C)C3C(=O)O)cc2C2=CCCC2(C)C)c1. The number of carboxylic acid groups (broad SMARTS) is 1. The van der Waals surface area contributed by atoms with Gasteiger partial charge in [0.2, 0.25) is 0 Å². The zero-order chi connectivity index (χ0) is 30.9. The first-order valence-electron chi connectivity index (χ1n) is 14.6. The third-order valence-corrected chi connectivity index (χ3v) is 9.92. The maximum absolute atomic E-state index is 16.1. The van der Waals surface area contributed by atoms with Crippen molar-refractivity contribution in [2.75, 3.05) is 7.11 Å². The zero-order valence-electron chi connectivity index (χ0n) is 24.6. The van der Waals surface area contributed by atoms with E-state index in [4.69, 9.17) is 9.47 Å². The highest BCUT2D eigenvalue weighted by molar-refractivity contribution is 5.85. The van der Waals surface area contributed by atoms with Gasteiger partial charge in [0.1, 0.15) is 18.2 Å². The fraction of sp³-hybridized carbons (Fsp3) is 0.400. The summed E-state index contributed by atoms with van der Waals surface area (Å²) in [4.78, 5) is 11.9. The number of carboxylic acids is 1. The van der Waals surface area contributed by atoms with Crippen molar-refractivity contribution >= 4 is 11.5 Å². The van der Waals surface area contributed by atoms with Crippen molar-refractivity contribution in [2.24, 2.45) is 17.3 Å². The van der Waals surface area contributed by atoms with E-state index < -0.39 is 52.8 Å². The molecule has 0 saturated heterocycles. The predicted molar refractivity (Wildman–Crippen MR) is 155 cm³/mol. The van der Waals surface area contributed by atoms with Crippen molar-refractivity contribution in [1.82, 2.24) is 0 Å². The Balaban J connectivity index is 1.37. The molecule has 8 heteroatoms. The molecule has 0 amide bonds. The highest BCUT2D eigenvalue weighted by Crippen LogP contribution is 2.68. The summed E-state index contributed by atoms with van der Waals surface area (Å²) in [5, 5.41) is 9.74. The van der Waals surface area contributed by atoms with Gasteiger partial charge < -0.3 is 14.6 Å². The van der Waals surface area contributed by atoms with Gasteiger partial charge in [-0.25, -0.2) is 17.6 Å². The van der Waals surface area contributed by atoms with Crippen LogP contribution in [0.5, 0.6) is 11.5 Å². The Morgan fingerprint density at radius 2 is 1.74 bits per heavy atom. The second-order valence-electron chi connectivity index (χ2n) is 12.7. The van der Waals surface area contributed by atoms with E-state index in [1.165, 1.54) is 25.3 Å². The van der Waals surface area contributed by atoms with E-state index in [-0.39, 0.29) is 29.8 Å². The number of alkyl halides is 2. The lowest BCUT2D eigenvalue weighted by Crippen LogP contribution is -2.32. The summed E-state index contributed by atoms with van der Waals surface area (Å²) in [5.74, 6) is -6.77. The van der Waals surface area contributed by atoms with Gasteiger partial charge in [0.05, 0.1) is 13.0 Å². The minimum absolute atomic E-state index is 0.0708. The summed E-state index contributed by atoms with van der Waals surface area (Å²) in [6, 6.07) is 12.4. The molecule has 1 saturated carbocycles. The number of carbonyl (C=O) groups is 1. The Morgan fingerprint density at radius 1 is 0.977 bits per heavy atom. The van der Waals surface area contributed by atoms with Gasteiger partial charge in [-0.05, 0) is 89.3 Å². The summed E-state index contributed by atoms with van der Waals surface area (Å²) >= 11 is 0. The summed E-state index contributed by atoms with van der Waals surface area (Å²) < 4.78 is 72.2. The number of hydrogen-bond donors (Lipinski definition) is 1. The molecule has 0 bridgehead atoms. The molecule has 0 aromatic heterocycles. The number of aliphatic carboxylic acids is 1. The van der Waals surface area contributed by atoms with Crippen LogP contribution < -0.4 is 9.47 Å². The van der Waals surface area contributed by atoms with Crippen molar-refractivity contribution in [3.05, 3.63) is 88.5 Å². The molecule has 0 radical (unpaired) electrons. The fourth-order valence-electron chi connectivity index (χ4n) is 7.48. The molecule has 1 N–H and O–H groups in total. The number of halogens is 4. The van der Waals surface area contributed by atoms with Crippen molar-refractivity contribution < 1.29 is 36.9 Å². The molecule has 1 fully saturated rings. The lowest BCUT2D eigenvalue weighted by atomic mass is 9.75. The van der Waals surface area contributed by atoms with Crippen molar-refractivity contribution in [1.29, 1.82) is 0 Å². The van der Waals surface area contributed by atoms with E-state index >= 15 is 8.78 Å². The molecule has 1 spiro atoms. The number of hydrogen-bond acceptors (Lipinski definition) is 3. The highest BCUT2D eigenvalue weighted by Gasteiger charge is 2.71. The van der Waals surface area contributed by atoms with Crippen molar-refractivity contribution in [3.63, 3.8) is 0 Å². The Labute approximate surface area is 248 Å². The van der Waals surface area contributed by atoms with E-state index in [1.54, 1.807) is 25.1 Å². The average molecular weight is 595 g/mol. The van der Waals surface area contributed by atoms with Gasteiger partial charge in [0, 0.05) is 28.5 Å². The summed E-state index contributed by atoms with van der Waals surface area (Å²) in [6.45, 7) is 5.88. The third-order valence-electron chi connectivity index (χ3n) is 9.92. The molecule has 3 unspecified atom stereocenters.